The molecular weight excluding hydrogens is 338 g/mol. The van der Waals surface area contributed by atoms with Crippen LogP contribution in [0.4, 0.5) is 0 Å². The van der Waals surface area contributed by atoms with Gasteiger partial charge in [-0.1, -0.05) is 0 Å². The molecule has 3 rings (SSSR count). The second-order valence-electron chi connectivity index (χ2n) is 6.04. The van der Waals surface area contributed by atoms with Gasteiger partial charge in [-0.15, -0.1) is 0 Å². The van der Waals surface area contributed by atoms with Gasteiger partial charge in [-0.2, -0.15) is 0 Å². The topological polar surface area (TPSA) is 169 Å². The molecule has 1 aromatic heterocycles. The third-order valence-corrected chi connectivity index (χ3v) is 4.34. The van der Waals surface area contributed by atoms with Gasteiger partial charge in [0, 0.05) is 25.2 Å². The lowest BCUT2D eigenvalue weighted by Gasteiger charge is -2.20. The van der Waals surface area contributed by atoms with Gasteiger partial charge in [0.15, 0.2) is 6.29 Å². The molecule has 0 saturated carbocycles. The van der Waals surface area contributed by atoms with Crippen LogP contribution in [-0.2, 0) is 14.2 Å². The van der Waals surface area contributed by atoms with E-state index in [0.717, 1.165) is 0 Å². The number of nitrogens with one attached hydrogen (secondary N) is 1. The number of aliphatic hydroxyl groups is 3. The summed E-state index contributed by atoms with van der Waals surface area (Å²) >= 11 is 0. The molecule has 11 heteroatoms. The van der Waals surface area contributed by atoms with E-state index in [2.05, 4.69) is 4.98 Å². The van der Waals surface area contributed by atoms with E-state index in [-0.39, 0.29) is 19.6 Å². The highest BCUT2D eigenvalue weighted by Crippen LogP contribution is 2.29. The highest BCUT2D eigenvalue weighted by Gasteiger charge is 2.44. The third-order valence-electron chi connectivity index (χ3n) is 4.34. The van der Waals surface area contributed by atoms with Crippen LogP contribution in [0.15, 0.2) is 21.9 Å². The van der Waals surface area contributed by atoms with Crippen molar-refractivity contribution in [2.24, 2.45) is 5.73 Å². The number of ether oxygens (including phenoxy) is 3. The minimum atomic E-state index is -1.26. The van der Waals surface area contributed by atoms with Crippen LogP contribution in [0.25, 0.3) is 0 Å². The summed E-state index contributed by atoms with van der Waals surface area (Å²) in [5.41, 5.74) is 4.25. The quantitative estimate of drug-likeness (QED) is 0.360. The van der Waals surface area contributed by atoms with Crippen molar-refractivity contribution in [3.05, 3.63) is 33.1 Å². The molecule has 6 N–H and O–H groups in total. The molecule has 0 spiro atoms. The molecule has 0 aromatic carbocycles. The normalized spacial score (nSPS) is 38.3. The monoisotopic (exact) mass is 359 g/mol. The predicted octanol–water partition coefficient (Wildman–Crippen LogP) is -3.39. The minimum Gasteiger partial charge on any atom is -0.390 e. The molecule has 0 radical (unpaired) electrons. The fraction of sp³-hybridized carbons (Fsp3) is 0.714. The summed E-state index contributed by atoms with van der Waals surface area (Å²) in [6.45, 7) is -0.0979. The summed E-state index contributed by atoms with van der Waals surface area (Å²) < 4.78 is 17.4. The van der Waals surface area contributed by atoms with Crippen molar-refractivity contribution >= 4 is 0 Å². The van der Waals surface area contributed by atoms with Gasteiger partial charge in [0.25, 0.3) is 5.56 Å². The van der Waals surface area contributed by atoms with E-state index in [4.69, 9.17) is 19.9 Å². The van der Waals surface area contributed by atoms with Crippen molar-refractivity contribution in [1.82, 2.24) is 9.55 Å². The molecule has 0 unspecified atom stereocenters. The molecule has 0 amide bonds. The Hall–Kier alpha value is -1.60. The lowest BCUT2D eigenvalue weighted by atomic mass is 10.1. The number of aliphatic hydroxyl groups excluding tert-OH is 3. The van der Waals surface area contributed by atoms with Crippen LogP contribution in [0.3, 0.4) is 0 Å². The van der Waals surface area contributed by atoms with Crippen molar-refractivity contribution in [2.45, 2.75) is 49.5 Å². The van der Waals surface area contributed by atoms with Crippen LogP contribution in [0.5, 0.6) is 0 Å². The Labute approximate surface area is 141 Å². The summed E-state index contributed by atoms with van der Waals surface area (Å²) in [7, 11) is 0. The molecule has 1 aromatic rings. The fourth-order valence-corrected chi connectivity index (χ4v) is 2.93. The molecule has 0 aliphatic carbocycles. The Morgan fingerprint density at radius 3 is 2.64 bits per heavy atom. The molecule has 2 fully saturated rings. The minimum absolute atomic E-state index is 0.0256. The molecule has 0 bridgehead atoms. The highest BCUT2D eigenvalue weighted by molar-refractivity contribution is 4.90. The maximum Gasteiger partial charge on any atom is 0.330 e. The average Bonchev–Trinajstić information content (AvgIpc) is 3.06. The number of hydrogen-bond donors (Lipinski definition) is 5. The van der Waals surface area contributed by atoms with Crippen LogP contribution >= 0.6 is 0 Å². The van der Waals surface area contributed by atoms with Gasteiger partial charge in [0.05, 0.1) is 12.7 Å². The first-order valence-corrected chi connectivity index (χ1v) is 7.89. The number of nitrogens with two attached hydrogens (primary N) is 1. The Kier molecular flexibility index (Phi) is 5.34. The van der Waals surface area contributed by atoms with Gasteiger partial charge in [0.1, 0.15) is 30.6 Å². The van der Waals surface area contributed by atoms with E-state index in [9.17, 15) is 24.9 Å². The smallest absolute Gasteiger partial charge is 0.330 e. The van der Waals surface area contributed by atoms with Crippen LogP contribution in [0.2, 0.25) is 0 Å². The number of nitrogens with zero attached hydrogens (tertiary/aromatic N) is 1. The zero-order chi connectivity index (χ0) is 18.1. The molecule has 2 aliphatic rings. The van der Waals surface area contributed by atoms with E-state index < -0.39 is 54.3 Å². The largest absolute Gasteiger partial charge is 0.390 e. The number of rotatable bonds is 5. The molecular formula is C14H21N3O8. The summed E-state index contributed by atoms with van der Waals surface area (Å²) in [5, 5.41) is 29.7. The molecule has 2 aliphatic heterocycles. The Balaban J connectivity index is 1.59. The number of aromatic nitrogens is 2. The Bertz CT molecular complexity index is 706. The van der Waals surface area contributed by atoms with Crippen LogP contribution < -0.4 is 17.0 Å². The fourth-order valence-electron chi connectivity index (χ4n) is 2.93. The molecule has 11 nitrogen and oxygen atoms in total. The number of aromatic amines is 1. The molecule has 140 valence electrons. The SMILES string of the molecule is NC[C@H]1O[C@@H](OC[C@H]2O[C@@H](n3ccc(=O)[nH]c3=O)C[C@@H]2O)[C@H](O)[C@@H]1O. The van der Waals surface area contributed by atoms with Crippen molar-refractivity contribution in [3.8, 4) is 0 Å². The van der Waals surface area contributed by atoms with Crippen LogP contribution in [-0.4, -0.2) is 74.8 Å². The van der Waals surface area contributed by atoms with Gasteiger partial charge in [0.2, 0.25) is 0 Å². The zero-order valence-electron chi connectivity index (χ0n) is 13.2. The first kappa shape index (κ1) is 18.2. The second kappa shape index (κ2) is 7.33. The highest BCUT2D eigenvalue weighted by atomic mass is 16.7. The zero-order valence-corrected chi connectivity index (χ0v) is 13.2. The Morgan fingerprint density at radius 1 is 1.24 bits per heavy atom. The van der Waals surface area contributed by atoms with Gasteiger partial charge >= 0.3 is 5.69 Å². The molecule has 25 heavy (non-hydrogen) atoms. The van der Waals surface area contributed by atoms with Crippen LogP contribution in [0, 0.1) is 0 Å². The first-order valence-electron chi connectivity index (χ1n) is 7.89. The third kappa shape index (κ3) is 3.67. The van der Waals surface area contributed by atoms with Crippen LogP contribution in [0.1, 0.15) is 12.6 Å². The standard InChI is InChI=1S/C14H21N3O8/c15-4-7-11(20)12(21)13(25-7)23-5-8-6(18)3-10(24-8)17-2-1-9(19)16-14(17)22/h1-2,6-8,10-13,18,20-21H,3-5,15H2,(H,16,19,22)/t6-,7+,8+,10+,11+,12+,13+/m0/s1. The lowest BCUT2D eigenvalue weighted by Crippen LogP contribution is -2.37. The number of H-pyrrole nitrogens is 1. The van der Waals surface area contributed by atoms with Gasteiger partial charge < -0.3 is 35.3 Å². The number of hydrogen-bond acceptors (Lipinski definition) is 9. The van der Waals surface area contributed by atoms with E-state index in [0.29, 0.717) is 0 Å². The van der Waals surface area contributed by atoms with Gasteiger partial charge in [-0.3, -0.25) is 14.3 Å². The van der Waals surface area contributed by atoms with E-state index in [1.165, 1.54) is 16.8 Å². The van der Waals surface area contributed by atoms with E-state index >= 15 is 0 Å². The molecule has 7 atom stereocenters. The van der Waals surface area contributed by atoms with Crippen molar-refractivity contribution in [2.75, 3.05) is 13.2 Å². The summed E-state index contributed by atoms with van der Waals surface area (Å²) in [6.07, 6.45) is -5.27. The maximum atomic E-state index is 11.8. The van der Waals surface area contributed by atoms with Gasteiger partial charge in [-0.05, 0) is 0 Å². The first-order chi connectivity index (χ1) is 11.9. The summed E-state index contributed by atoms with van der Waals surface area (Å²) in [6, 6.07) is 1.18. The summed E-state index contributed by atoms with van der Waals surface area (Å²) in [5.74, 6) is 0. The summed E-state index contributed by atoms with van der Waals surface area (Å²) in [4.78, 5) is 25.0. The van der Waals surface area contributed by atoms with E-state index in [1.54, 1.807) is 0 Å². The lowest BCUT2D eigenvalue weighted by molar-refractivity contribution is -0.187. The van der Waals surface area contributed by atoms with Crippen molar-refractivity contribution in [3.63, 3.8) is 0 Å². The second-order valence-corrected chi connectivity index (χ2v) is 6.04. The van der Waals surface area contributed by atoms with E-state index in [1.807, 2.05) is 0 Å². The predicted molar refractivity (Wildman–Crippen MR) is 81.5 cm³/mol. The maximum absolute atomic E-state index is 11.8. The van der Waals surface area contributed by atoms with Crippen molar-refractivity contribution < 1.29 is 29.5 Å². The average molecular weight is 359 g/mol. The molecule has 2 saturated heterocycles. The van der Waals surface area contributed by atoms with Crippen molar-refractivity contribution in [1.29, 1.82) is 0 Å². The molecule has 3 heterocycles. The van der Waals surface area contributed by atoms with Gasteiger partial charge in [-0.25, -0.2) is 4.79 Å². The Morgan fingerprint density at radius 2 is 2.00 bits per heavy atom.